The molecular weight excluding hydrogens is 350 g/mol. The number of carbonyl (C=O) groups excluding carboxylic acids is 2. The molecule has 3 aliphatic rings. The van der Waals surface area contributed by atoms with E-state index < -0.39 is 5.54 Å². The minimum absolute atomic E-state index is 0.00171. The fourth-order valence-corrected chi connectivity index (χ4v) is 5.03. The molecule has 0 saturated carbocycles. The molecule has 3 heterocycles. The molecule has 1 aliphatic carbocycles. The molecule has 26 heavy (non-hydrogen) atoms. The van der Waals surface area contributed by atoms with Crippen molar-refractivity contribution in [2.24, 2.45) is 0 Å². The summed E-state index contributed by atoms with van der Waals surface area (Å²) in [5.41, 5.74) is 2.20. The summed E-state index contributed by atoms with van der Waals surface area (Å²) in [5.74, 6) is 0.341. The quantitative estimate of drug-likeness (QED) is 0.455. The molecule has 0 fully saturated rings. The van der Waals surface area contributed by atoms with Gasteiger partial charge in [-0.1, -0.05) is 18.2 Å². The van der Waals surface area contributed by atoms with Gasteiger partial charge >= 0.3 is 11.9 Å². The van der Waals surface area contributed by atoms with Crippen LogP contribution in [-0.2, 0) is 14.3 Å². The van der Waals surface area contributed by atoms with Gasteiger partial charge in [-0.2, -0.15) is 4.98 Å². The molecule has 0 amide bonds. The second kappa shape index (κ2) is 5.56. The highest BCUT2D eigenvalue weighted by Gasteiger charge is 2.65. The molecule has 1 spiro atoms. The van der Waals surface area contributed by atoms with Crippen molar-refractivity contribution in [3.8, 4) is 0 Å². The standard InChI is InChI=1S/C19H20N3O3S/c1-12-7-5-9-19-10-6-8-14(17(24)25-4)22(19,3)18-20-11-15(26-13(2)23)21(18)16(12)19/h5-8,10-11H,9H2,1-4H3/q+1. The van der Waals surface area contributed by atoms with Gasteiger partial charge in [-0.05, 0) is 30.3 Å². The third-order valence-corrected chi connectivity index (χ3v) is 6.25. The number of nitrogens with zero attached hydrogens (tertiary/aromatic N) is 3. The van der Waals surface area contributed by atoms with Gasteiger partial charge in [-0.15, -0.1) is 0 Å². The van der Waals surface area contributed by atoms with Crippen molar-refractivity contribution in [2.45, 2.75) is 30.8 Å². The van der Waals surface area contributed by atoms with Crippen LogP contribution in [0.1, 0.15) is 20.3 Å². The molecule has 0 radical (unpaired) electrons. The van der Waals surface area contributed by atoms with Crippen LogP contribution < -0.4 is 4.48 Å². The SMILES string of the molecule is COC(=O)C1=CC=CC23CC=CC(C)=C2n2c(SC(C)=O)cnc2[N+]13C. The molecule has 1 aromatic rings. The lowest BCUT2D eigenvalue weighted by Crippen LogP contribution is -2.62. The Kier molecular flexibility index (Phi) is 3.65. The number of esters is 1. The third-order valence-electron chi connectivity index (χ3n) is 5.46. The highest BCUT2D eigenvalue weighted by Crippen LogP contribution is 2.57. The van der Waals surface area contributed by atoms with E-state index in [-0.39, 0.29) is 15.6 Å². The van der Waals surface area contributed by atoms with Gasteiger partial charge in [0.05, 0.1) is 26.1 Å². The van der Waals surface area contributed by atoms with Crippen LogP contribution in [-0.4, -0.2) is 40.3 Å². The minimum Gasteiger partial charge on any atom is -0.462 e. The molecule has 4 rings (SSSR count). The molecule has 134 valence electrons. The van der Waals surface area contributed by atoms with E-state index in [1.165, 1.54) is 7.11 Å². The summed E-state index contributed by atoms with van der Waals surface area (Å²) < 4.78 is 7.30. The van der Waals surface area contributed by atoms with Gasteiger partial charge in [-0.3, -0.25) is 4.79 Å². The monoisotopic (exact) mass is 370 g/mol. The number of aromatic nitrogens is 2. The highest BCUT2D eigenvalue weighted by atomic mass is 32.2. The van der Waals surface area contributed by atoms with E-state index in [9.17, 15) is 9.59 Å². The van der Waals surface area contributed by atoms with E-state index in [0.717, 1.165) is 34.5 Å². The Labute approximate surface area is 156 Å². The van der Waals surface area contributed by atoms with Gasteiger partial charge in [0.25, 0.3) is 0 Å². The van der Waals surface area contributed by atoms with Gasteiger partial charge < -0.3 is 4.74 Å². The maximum Gasteiger partial charge on any atom is 0.393 e. The fraction of sp³-hybridized carbons (Fsp3) is 0.316. The number of imidazole rings is 1. The first-order valence-corrected chi connectivity index (χ1v) is 9.18. The number of hydrogen-bond donors (Lipinski definition) is 0. The molecule has 6 nitrogen and oxygen atoms in total. The Morgan fingerprint density at radius 2 is 2.19 bits per heavy atom. The summed E-state index contributed by atoms with van der Waals surface area (Å²) in [6, 6.07) is 0. The van der Waals surface area contributed by atoms with Gasteiger partial charge in [0.15, 0.2) is 10.7 Å². The minimum atomic E-state index is -0.479. The molecular formula is C19H20N3O3S+. The number of rotatable bonds is 2. The zero-order valence-corrected chi connectivity index (χ0v) is 16.0. The largest absolute Gasteiger partial charge is 0.462 e. The van der Waals surface area contributed by atoms with Crippen LogP contribution in [0.25, 0.3) is 5.70 Å². The Balaban J connectivity index is 2.06. The van der Waals surface area contributed by atoms with Crippen LogP contribution in [0, 0.1) is 0 Å². The van der Waals surface area contributed by atoms with Crippen molar-refractivity contribution >= 4 is 34.5 Å². The number of thioether (sulfide) groups is 1. The molecule has 2 aliphatic heterocycles. The van der Waals surface area contributed by atoms with E-state index in [0.29, 0.717) is 11.6 Å². The molecule has 7 heteroatoms. The van der Waals surface area contributed by atoms with Crippen molar-refractivity contribution in [3.05, 3.63) is 47.8 Å². The number of methoxy groups -OCH3 is 1. The number of likely N-dealkylation sites (N-methyl/N-ethyl adjacent to an activating group) is 1. The summed E-state index contributed by atoms with van der Waals surface area (Å²) in [5, 5.41) is 0.765. The van der Waals surface area contributed by atoms with E-state index in [1.807, 2.05) is 17.7 Å². The molecule has 2 atom stereocenters. The number of quaternary nitrogens is 1. The molecule has 0 N–H and O–H groups in total. The maximum atomic E-state index is 12.6. The average Bonchev–Trinajstić information content (AvgIpc) is 3.09. The Bertz CT molecular complexity index is 969. The number of fused-ring (bicyclic) bond motifs is 3. The first-order chi connectivity index (χ1) is 12.4. The lowest BCUT2D eigenvalue weighted by atomic mass is 9.80. The predicted molar refractivity (Wildman–Crippen MR) is 101 cm³/mol. The second-order valence-corrected chi connectivity index (χ2v) is 7.99. The normalized spacial score (nSPS) is 28.4. The fourth-order valence-electron chi connectivity index (χ4n) is 4.37. The van der Waals surface area contributed by atoms with Crippen molar-refractivity contribution < 1.29 is 14.3 Å². The summed E-state index contributed by atoms with van der Waals surface area (Å²) in [6.45, 7) is 3.60. The van der Waals surface area contributed by atoms with Crippen molar-refractivity contribution in [3.63, 3.8) is 0 Å². The first-order valence-electron chi connectivity index (χ1n) is 8.37. The molecule has 1 aromatic heterocycles. The van der Waals surface area contributed by atoms with Crippen molar-refractivity contribution in [2.75, 3.05) is 14.2 Å². The zero-order valence-electron chi connectivity index (χ0n) is 15.1. The van der Waals surface area contributed by atoms with E-state index in [4.69, 9.17) is 4.74 Å². The number of hydrogen-bond acceptors (Lipinski definition) is 5. The van der Waals surface area contributed by atoms with Crippen LogP contribution >= 0.6 is 11.8 Å². The number of ether oxygens (including phenoxy) is 1. The second-order valence-electron chi connectivity index (χ2n) is 6.80. The van der Waals surface area contributed by atoms with Gasteiger partial charge in [0.2, 0.25) is 5.70 Å². The molecule has 0 bridgehead atoms. The van der Waals surface area contributed by atoms with Crippen molar-refractivity contribution in [1.29, 1.82) is 0 Å². The number of carbonyl (C=O) groups is 2. The summed E-state index contributed by atoms with van der Waals surface area (Å²) in [4.78, 5) is 29.0. The Morgan fingerprint density at radius 3 is 2.88 bits per heavy atom. The van der Waals surface area contributed by atoms with Gasteiger partial charge in [0.1, 0.15) is 5.03 Å². The number of allylic oxidation sites excluding steroid dienone is 4. The van der Waals surface area contributed by atoms with Crippen LogP contribution in [0.4, 0.5) is 5.95 Å². The van der Waals surface area contributed by atoms with Gasteiger partial charge in [-0.25, -0.2) is 13.8 Å². The third kappa shape index (κ3) is 1.90. The van der Waals surface area contributed by atoms with E-state index in [1.54, 1.807) is 19.2 Å². The van der Waals surface area contributed by atoms with Crippen LogP contribution in [0.3, 0.4) is 0 Å². The first kappa shape index (κ1) is 17.1. The van der Waals surface area contributed by atoms with Crippen LogP contribution in [0.15, 0.2) is 52.9 Å². The van der Waals surface area contributed by atoms with E-state index >= 15 is 0 Å². The summed E-state index contributed by atoms with van der Waals surface area (Å²) >= 11 is 1.16. The topological polar surface area (TPSA) is 61.2 Å². The predicted octanol–water partition coefficient (Wildman–Crippen LogP) is 3.03. The Morgan fingerprint density at radius 1 is 1.42 bits per heavy atom. The van der Waals surface area contributed by atoms with E-state index in [2.05, 4.69) is 30.1 Å². The zero-order chi connectivity index (χ0) is 18.7. The average molecular weight is 370 g/mol. The molecule has 0 aromatic carbocycles. The smallest absolute Gasteiger partial charge is 0.393 e. The lowest BCUT2D eigenvalue weighted by molar-refractivity contribution is -0.138. The highest BCUT2D eigenvalue weighted by molar-refractivity contribution is 8.13. The molecule has 0 saturated heterocycles. The van der Waals surface area contributed by atoms with Crippen LogP contribution in [0.5, 0.6) is 0 Å². The Hall–Kier alpha value is -2.38. The molecule has 2 unspecified atom stereocenters. The maximum absolute atomic E-state index is 12.6. The van der Waals surface area contributed by atoms with Gasteiger partial charge in [0, 0.05) is 19.4 Å². The van der Waals surface area contributed by atoms with Crippen molar-refractivity contribution in [1.82, 2.24) is 14.0 Å². The summed E-state index contributed by atoms with van der Waals surface area (Å²) in [6.07, 6.45) is 12.5. The lowest BCUT2D eigenvalue weighted by Gasteiger charge is -2.44. The summed E-state index contributed by atoms with van der Waals surface area (Å²) in [7, 11) is 3.38. The van der Waals surface area contributed by atoms with Crippen LogP contribution in [0.2, 0.25) is 0 Å².